The average Bonchev–Trinajstić information content (AvgIpc) is 3.07. The van der Waals surface area contributed by atoms with Crippen molar-refractivity contribution in [2.24, 2.45) is 4.99 Å². The van der Waals surface area contributed by atoms with E-state index in [4.69, 9.17) is 4.74 Å². The molecule has 0 spiro atoms. The highest BCUT2D eigenvalue weighted by Gasteiger charge is 2.32. The number of ether oxygens (including phenoxy) is 1. The molecule has 1 heterocycles. The number of hydrogen-bond donors (Lipinski definition) is 2. The number of fused-ring (bicyclic) bond motifs is 1. The topological polar surface area (TPSA) is 114 Å². The van der Waals surface area contributed by atoms with E-state index in [9.17, 15) is 18.0 Å². The Hall–Kier alpha value is -3.98. The van der Waals surface area contributed by atoms with Crippen molar-refractivity contribution < 1.29 is 22.7 Å². The van der Waals surface area contributed by atoms with Crippen molar-refractivity contribution in [3.63, 3.8) is 0 Å². The first kappa shape index (κ1) is 24.2. The van der Waals surface area contributed by atoms with Gasteiger partial charge in [-0.15, -0.1) is 0 Å². The van der Waals surface area contributed by atoms with Crippen LogP contribution < -0.4 is 10.0 Å². The van der Waals surface area contributed by atoms with E-state index < -0.39 is 34.0 Å². The van der Waals surface area contributed by atoms with E-state index >= 15 is 0 Å². The Balaban J connectivity index is 1.57. The largest absolute Gasteiger partial charge is 0.446 e. The number of sulfonamides is 1. The van der Waals surface area contributed by atoms with E-state index in [1.165, 1.54) is 13.0 Å². The average molecular weight is 492 g/mol. The molecule has 0 unspecified atom stereocenters. The third kappa shape index (κ3) is 5.41. The van der Waals surface area contributed by atoms with Crippen LogP contribution in [0.2, 0.25) is 0 Å². The normalized spacial score (nSPS) is 16.6. The summed E-state index contributed by atoms with van der Waals surface area (Å²) >= 11 is 0. The second kappa shape index (κ2) is 9.71. The van der Waals surface area contributed by atoms with Crippen LogP contribution in [0.25, 0.3) is 0 Å². The fraction of sp³-hybridized carbons (Fsp3) is 0.192. The number of aryl methyl sites for hydroxylation is 2. The second-order valence-corrected chi connectivity index (χ2v) is 10.00. The molecule has 1 aliphatic heterocycles. The van der Waals surface area contributed by atoms with Gasteiger partial charge in [0.05, 0.1) is 4.90 Å². The summed E-state index contributed by atoms with van der Waals surface area (Å²) in [6.45, 7) is 5.33. The molecule has 0 saturated heterocycles. The highest BCUT2D eigenvalue weighted by Crippen LogP contribution is 2.25. The molecular formula is C26H25N3O5S. The number of aliphatic imine (C=N–C) groups is 1. The van der Waals surface area contributed by atoms with Gasteiger partial charge in [-0.2, -0.15) is 0 Å². The Labute approximate surface area is 204 Å². The van der Waals surface area contributed by atoms with Crippen LogP contribution in [0.5, 0.6) is 0 Å². The minimum absolute atomic E-state index is 0.0565. The number of nitrogens with zero attached hydrogens (tertiary/aromatic N) is 1. The molecule has 35 heavy (non-hydrogen) atoms. The third-order valence-electron chi connectivity index (χ3n) is 5.39. The molecule has 0 aromatic heterocycles. The van der Waals surface area contributed by atoms with Crippen LogP contribution in [-0.2, 0) is 24.3 Å². The maximum Gasteiger partial charge on any atom is 0.331 e. The lowest BCUT2D eigenvalue weighted by Crippen LogP contribution is -2.31. The van der Waals surface area contributed by atoms with Gasteiger partial charge in [0.1, 0.15) is 11.9 Å². The van der Waals surface area contributed by atoms with Gasteiger partial charge in [0.25, 0.3) is 15.9 Å². The van der Waals surface area contributed by atoms with Gasteiger partial charge in [-0.1, -0.05) is 48.5 Å². The number of rotatable bonds is 6. The van der Waals surface area contributed by atoms with E-state index in [0.29, 0.717) is 16.8 Å². The van der Waals surface area contributed by atoms with Crippen molar-refractivity contribution >= 4 is 33.4 Å². The Bertz CT molecular complexity index is 1400. The van der Waals surface area contributed by atoms with Gasteiger partial charge in [0.15, 0.2) is 0 Å². The number of amides is 1. The lowest BCUT2D eigenvalue weighted by Gasteiger charge is -2.20. The van der Waals surface area contributed by atoms with E-state index in [1.807, 2.05) is 32.0 Å². The van der Waals surface area contributed by atoms with E-state index in [-0.39, 0.29) is 10.7 Å². The van der Waals surface area contributed by atoms with Crippen LogP contribution in [0.4, 0.5) is 5.69 Å². The van der Waals surface area contributed by atoms with E-state index in [1.54, 1.807) is 48.5 Å². The molecule has 2 atom stereocenters. The lowest BCUT2D eigenvalue weighted by atomic mass is 10.1. The van der Waals surface area contributed by atoms with Crippen molar-refractivity contribution in [2.75, 3.05) is 5.32 Å². The molecule has 0 aliphatic carbocycles. The lowest BCUT2D eigenvalue weighted by molar-refractivity contribution is -0.155. The fourth-order valence-corrected chi connectivity index (χ4v) is 5.09. The maximum atomic E-state index is 13.2. The molecule has 0 saturated carbocycles. The molecule has 0 radical (unpaired) electrons. The number of amidine groups is 1. The smallest absolute Gasteiger partial charge is 0.331 e. The van der Waals surface area contributed by atoms with Gasteiger partial charge in [0, 0.05) is 16.8 Å². The van der Waals surface area contributed by atoms with Crippen LogP contribution in [-0.4, -0.2) is 32.2 Å². The summed E-state index contributed by atoms with van der Waals surface area (Å²) in [6.07, 6.45) is -1.22. The summed E-state index contributed by atoms with van der Waals surface area (Å²) in [6, 6.07) is 19.6. The number of nitrogens with one attached hydrogen (secondary N) is 2. The molecule has 1 amide bonds. The molecule has 9 heteroatoms. The zero-order valence-electron chi connectivity index (χ0n) is 19.5. The van der Waals surface area contributed by atoms with E-state index in [2.05, 4.69) is 15.0 Å². The summed E-state index contributed by atoms with van der Waals surface area (Å²) in [5.74, 6) is -1.23. The molecular weight excluding hydrogens is 466 g/mol. The van der Waals surface area contributed by atoms with E-state index in [0.717, 1.165) is 11.1 Å². The Kier molecular flexibility index (Phi) is 6.70. The van der Waals surface area contributed by atoms with Crippen LogP contribution in [0.15, 0.2) is 82.7 Å². The Morgan fingerprint density at radius 2 is 1.57 bits per heavy atom. The minimum atomic E-state index is -3.74. The zero-order valence-corrected chi connectivity index (χ0v) is 20.3. The minimum Gasteiger partial charge on any atom is -0.446 e. The molecule has 180 valence electrons. The number of esters is 1. The molecule has 4 rings (SSSR count). The number of anilines is 1. The Morgan fingerprint density at radius 3 is 2.26 bits per heavy atom. The molecule has 3 aromatic carbocycles. The standard InChI is InChI=1S/C26H25N3O5S/c1-16-13-17(2)15-20(14-16)28-25(30)23(19-9-5-4-6-10-19)34-26(31)18(3)27-24-21-11-7-8-12-22(21)35(32,33)29-24/h4-15,18,23H,1-3H3,(H,27,29)(H,28,30)/t18-,23+/m0/s1. The summed E-state index contributed by atoms with van der Waals surface area (Å²) in [4.78, 5) is 30.5. The number of carbonyl (C=O) groups is 2. The molecule has 8 nitrogen and oxygen atoms in total. The molecule has 0 fully saturated rings. The van der Waals surface area contributed by atoms with Crippen LogP contribution in [0.1, 0.15) is 35.3 Å². The molecule has 0 bridgehead atoms. The predicted octanol–water partition coefficient (Wildman–Crippen LogP) is 3.65. The summed E-state index contributed by atoms with van der Waals surface area (Å²) in [5.41, 5.74) is 3.43. The summed E-state index contributed by atoms with van der Waals surface area (Å²) in [7, 11) is -3.74. The predicted molar refractivity (Wildman–Crippen MR) is 133 cm³/mol. The van der Waals surface area contributed by atoms with Crippen LogP contribution in [0.3, 0.4) is 0 Å². The summed E-state index contributed by atoms with van der Waals surface area (Å²) in [5, 5.41) is 2.82. The van der Waals surface area contributed by atoms with Gasteiger partial charge in [-0.3, -0.25) is 14.5 Å². The monoisotopic (exact) mass is 491 g/mol. The van der Waals surface area contributed by atoms with Crippen LogP contribution in [0, 0.1) is 13.8 Å². The van der Waals surface area contributed by atoms with Crippen molar-refractivity contribution in [2.45, 2.75) is 37.8 Å². The second-order valence-electron chi connectivity index (χ2n) is 8.35. The van der Waals surface area contributed by atoms with Gasteiger partial charge >= 0.3 is 5.97 Å². The summed E-state index contributed by atoms with van der Waals surface area (Å²) < 4.78 is 32.6. The number of hydrogen-bond acceptors (Lipinski definition) is 6. The third-order valence-corrected chi connectivity index (χ3v) is 6.79. The maximum absolute atomic E-state index is 13.2. The van der Waals surface area contributed by atoms with Gasteiger partial charge < -0.3 is 10.1 Å². The molecule has 3 aromatic rings. The highest BCUT2D eigenvalue weighted by molar-refractivity contribution is 7.90. The van der Waals surface area contributed by atoms with Crippen molar-refractivity contribution in [3.8, 4) is 0 Å². The fourth-order valence-electron chi connectivity index (χ4n) is 3.85. The van der Waals surface area contributed by atoms with Gasteiger partial charge in [-0.25, -0.2) is 13.2 Å². The van der Waals surface area contributed by atoms with Crippen molar-refractivity contribution in [3.05, 3.63) is 95.1 Å². The highest BCUT2D eigenvalue weighted by atomic mass is 32.2. The van der Waals surface area contributed by atoms with Crippen LogP contribution >= 0.6 is 0 Å². The number of benzene rings is 3. The quantitative estimate of drug-likeness (QED) is 0.511. The van der Waals surface area contributed by atoms with Crippen molar-refractivity contribution in [1.82, 2.24) is 4.72 Å². The first-order valence-electron chi connectivity index (χ1n) is 11.0. The first-order chi connectivity index (χ1) is 16.6. The molecule has 2 N–H and O–H groups in total. The van der Waals surface area contributed by atoms with Crippen molar-refractivity contribution in [1.29, 1.82) is 0 Å². The Morgan fingerprint density at radius 1 is 0.943 bits per heavy atom. The SMILES string of the molecule is Cc1cc(C)cc(NC(=O)[C@H](OC(=O)[C@H](C)N=C2NS(=O)(=O)c3ccccc32)c2ccccc2)c1. The zero-order chi connectivity index (χ0) is 25.2. The van der Waals surface area contributed by atoms with Gasteiger partial charge in [-0.05, 0) is 56.2 Å². The first-order valence-corrected chi connectivity index (χ1v) is 12.5. The number of carbonyl (C=O) groups excluding carboxylic acids is 2. The molecule has 1 aliphatic rings. The van der Waals surface area contributed by atoms with Gasteiger partial charge in [0.2, 0.25) is 6.10 Å².